The summed E-state index contributed by atoms with van der Waals surface area (Å²) in [5.41, 5.74) is 6.10. The standard InChI is InChI=1S/C13H19N3OS/c1-3-10(2)16(8-6-12(14)18)13(17)11-5-4-7-15-9-11/h4-5,7,9-10H,3,6,8H2,1-2H3,(H2,14,18). The maximum Gasteiger partial charge on any atom is 0.255 e. The van der Waals surface area contributed by atoms with Crippen LogP contribution in [0.15, 0.2) is 24.5 Å². The summed E-state index contributed by atoms with van der Waals surface area (Å²) in [5.74, 6) is -0.0197. The molecule has 1 aromatic heterocycles. The SMILES string of the molecule is CCC(C)N(CCC(N)=S)C(=O)c1cccnc1. The Morgan fingerprint density at radius 1 is 1.61 bits per heavy atom. The quantitative estimate of drug-likeness (QED) is 0.799. The Labute approximate surface area is 113 Å². The van der Waals surface area contributed by atoms with Gasteiger partial charge in [-0.2, -0.15) is 0 Å². The summed E-state index contributed by atoms with van der Waals surface area (Å²) >= 11 is 4.87. The van der Waals surface area contributed by atoms with Crippen LogP contribution in [0.4, 0.5) is 0 Å². The van der Waals surface area contributed by atoms with E-state index in [4.69, 9.17) is 18.0 Å². The molecule has 5 heteroatoms. The lowest BCUT2D eigenvalue weighted by atomic mass is 10.1. The van der Waals surface area contributed by atoms with Gasteiger partial charge in [0.25, 0.3) is 5.91 Å². The normalized spacial score (nSPS) is 11.9. The fourth-order valence-electron chi connectivity index (χ4n) is 1.63. The largest absolute Gasteiger partial charge is 0.393 e. The monoisotopic (exact) mass is 265 g/mol. The Hall–Kier alpha value is -1.49. The third-order valence-electron chi connectivity index (χ3n) is 2.89. The summed E-state index contributed by atoms with van der Waals surface area (Å²) in [6, 6.07) is 3.69. The molecule has 2 N–H and O–H groups in total. The fourth-order valence-corrected chi connectivity index (χ4v) is 1.72. The van der Waals surface area contributed by atoms with Gasteiger partial charge in [0, 0.05) is 31.4 Å². The van der Waals surface area contributed by atoms with E-state index in [1.54, 1.807) is 29.4 Å². The van der Waals surface area contributed by atoms with Gasteiger partial charge >= 0.3 is 0 Å². The van der Waals surface area contributed by atoms with Crippen molar-refractivity contribution in [3.63, 3.8) is 0 Å². The molecule has 1 unspecified atom stereocenters. The molecule has 0 saturated carbocycles. The molecule has 0 bridgehead atoms. The second kappa shape index (κ2) is 7.06. The molecular formula is C13H19N3OS. The van der Waals surface area contributed by atoms with Gasteiger partial charge in [-0.25, -0.2) is 0 Å². The van der Waals surface area contributed by atoms with Crippen LogP contribution in [0.2, 0.25) is 0 Å². The first-order valence-electron chi connectivity index (χ1n) is 6.05. The summed E-state index contributed by atoms with van der Waals surface area (Å²) < 4.78 is 0. The maximum atomic E-state index is 12.4. The third kappa shape index (κ3) is 4.07. The minimum absolute atomic E-state index is 0.0197. The van der Waals surface area contributed by atoms with E-state index < -0.39 is 0 Å². The molecule has 1 aromatic rings. The van der Waals surface area contributed by atoms with Gasteiger partial charge in [0.1, 0.15) is 0 Å². The molecule has 0 aliphatic heterocycles. The van der Waals surface area contributed by atoms with Crippen molar-refractivity contribution in [3.8, 4) is 0 Å². The Kier molecular flexibility index (Phi) is 5.71. The van der Waals surface area contributed by atoms with Crippen molar-refractivity contribution < 1.29 is 4.79 Å². The van der Waals surface area contributed by atoms with E-state index in [-0.39, 0.29) is 11.9 Å². The van der Waals surface area contributed by atoms with Gasteiger partial charge in [-0.05, 0) is 25.5 Å². The van der Waals surface area contributed by atoms with Crippen LogP contribution >= 0.6 is 12.2 Å². The molecule has 1 atom stereocenters. The minimum atomic E-state index is -0.0197. The van der Waals surface area contributed by atoms with Gasteiger partial charge in [-0.15, -0.1) is 0 Å². The van der Waals surface area contributed by atoms with E-state index in [1.165, 1.54) is 0 Å². The lowest BCUT2D eigenvalue weighted by molar-refractivity contribution is 0.0694. The summed E-state index contributed by atoms with van der Waals surface area (Å²) in [6.07, 6.45) is 4.67. The molecule has 4 nitrogen and oxygen atoms in total. The molecule has 0 fully saturated rings. The summed E-state index contributed by atoms with van der Waals surface area (Å²) in [4.78, 5) is 18.6. The molecule has 18 heavy (non-hydrogen) atoms. The molecule has 0 aliphatic carbocycles. The molecular weight excluding hydrogens is 246 g/mol. The highest BCUT2D eigenvalue weighted by Crippen LogP contribution is 2.10. The topological polar surface area (TPSA) is 59.2 Å². The number of pyridine rings is 1. The molecule has 98 valence electrons. The highest BCUT2D eigenvalue weighted by molar-refractivity contribution is 7.80. The second-order valence-corrected chi connectivity index (χ2v) is 4.74. The number of amides is 1. The van der Waals surface area contributed by atoms with Crippen molar-refractivity contribution in [2.75, 3.05) is 6.54 Å². The zero-order valence-corrected chi connectivity index (χ0v) is 11.6. The maximum absolute atomic E-state index is 12.4. The lowest BCUT2D eigenvalue weighted by Crippen LogP contribution is -2.40. The fraction of sp³-hybridized carbons (Fsp3) is 0.462. The lowest BCUT2D eigenvalue weighted by Gasteiger charge is -2.28. The van der Waals surface area contributed by atoms with Crippen molar-refractivity contribution in [1.82, 2.24) is 9.88 Å². The van der Waals surface area contributed by atoms with Crippen LogP contribution in [-0.4, -0.2) is 33.4 Å². The molecule has 0 spiro atoms. The van der Waals surface area contributed by atoms with Crippen molar-refractivity contribution in [2.24, 2.45) is 5.73 Å². The molecule has 1 heterocycles. The van der Waals surface area contributed by atoms with Crippen molar-refractivity contribution in [3.05, 3.63) is 30.1 Å². The van der Waals surface area contributed by atoms with Gasteiger partial charge in [0.15, 0.2) is 0 Å². The Balaban J connectivity index is 2.82. The van der Waals surface area contributed by atoms with E-state index in [0.717, 1.165) is 6.42 Å². The number of aromatic nitrogens is 1. The number of hydrogen-bond acceptors (Lipinski definition) is 3. The number of hydrogen-bond donors (Lipinski definition) is 1. The zero-order chi connectivity index (χ0) is 13.5. The van der Waals surface area contributed by atoms with Crippen LogP contribution in [0.3, 0.4) is 0 Å². The Bertz CT molecular complexity index is 408. The molecule has 0 aromatic carbocycles. The second-order valence-electron chi connectivity index (χ2n) is 4.21. The number of carbonyl (C=O) groups excluding carboxylic acids is 1. The number of thiocarbonyl (C=S) groups is 1. The van der Waals surface area contributed by atoms with Crippen LogP contribution in [0.5, 0.6) is 0 Å². The van der Waals surface area contributed by atoms with Crippen molar-refractivity contribution >= 4 is 23.1 Å². The van der Waals surface area contributed by atoms with Crippen LogP contribution < -0.4 is 5.73 Å². The zero-order valence-electron chi connectivity index (χ0n) is 10.8. The van der Waals surface area contributed by atoms with Gasteiger partial charge in [0.2, 0.25) is 0 Å². The average molecular weight is 265 g/mol. The first-order valence-corrected chi connectivity index (χ1v) is 6.46. The van der Waals surface area contributed by atoms with Crippen LogP contribution in [0.1, 0.15) is 37.0 Å². The molecule has 1 amide bonds. The number of rotatable bonds is 6. The highest BCUT2D eigenvalue weighted by Gasteiger charge is 2.20. The van der Waals surface area contributed by atoms with E-state index >= 15 is 0 Å². The Morgan fingerprint density at radius 3 is 2.83 bits per heavy atom. The van der Waals surface area contributed by atoms with E-state index in [0.29, 0.717) is 23.5 Å². The molecule has 0 saturated heterocycles. The molecule has 0 aliphatic rings. The summed E-state index contributed by atoms with van der Waals surface area (Å²) in [6.45, 7) is 4.63. The number of carbonyl (C=O) groups is 1. The minimum Gasteiger partial charge on any atom is -0.393 e. The number of nitrogens with two attached hydrogens (primary N) is 1. The smallest absolute Gasteiger partial charge is 0.255 e. The highest BCUT2D eigenvalue weighted by atomic mass is 32.1. The van der Waals surface area contributed by atoms with Gasteiger partial charge < -0.3 is 10.6 Å². The Morgan fingerprint density at radius 2 is 2.33 bits per heavy atom. The summed E-state index contributed by atoms with van der Waals surface area (Å²) in [7, 11) is 0. The van der Waals surface area contributed by atoms with Crippen molar-refractivity contribution in [2.45, 2.75) is 32.7 Å². The van der Waals surface area contributed by atoms with Gasteiger partial charge in [0.05, 0.1) is 10.6 Å². The number of nitrogens with zero attached hydrogens (tertiary/aromatic N) is 2. The van der Waals surface area contributed by atoms with Crippen LogP contribution in [-0.2, 0) is 0 Å². The van der Waals surface area contributed by atoms with E-state index in [1.807, 2.05) is 6.92 Å². The van der Waals surface area contributed by atoms with Gasteiger partial charge in [-0.3, -0.25) is 9.78 Å². The van der Waals surface area contributed by atoms with Crippen molar-refractivity contribution in [1.29, 1.82) is 0 Å². The third-order valence-corrected chi connectivity index (χ3v) is 3.10. The predicted molar refractivity (Wildman–Crippen MR) is 76.4 cm³/mol. The van der Waals surface area contributed by atoms with Crippen LogP contribution in [0, 0.1) is 0 Å². The molecule has 1 rings (SSSR count). The predicted octanol–water partition coefficient (Wildman–Crippen LogP) is 2.00. The van der Waals surface area contributed by atoms with E-state index in [2.05, 4.69) is 11.9 Å². The first kappa shape index (κ1) is 14.6. The van der Waals surface area contributed by atoms with Crippen LogP contribution in [0.25, 0.3) is 0 Å². The average Bonchev–Trinajstić information content (AvgIpc) is 2.39. The molecule has 0 radical (unpaired) electrons. The first-order chi connectivity index (χ1) is 8.56. The van der Waals surface area contributed by atoms with E-state index in [9.17, 15) is 4.79 Å². The summed E-state index contributed by atoms with van der Waals surface area (Å²) in [5, 5.41) is 0. The van der Waals surface area contributed by atoms with Gasteiger partial charge in [-0.1, -0.05) is 19.1 Å².